The highest BCUT2D eigenvalue weighted by Crippen LogP contribution is 2.62. The summed E-state index contributed by atoms with van der Waals surface area (Å²) in [5.41, 5.74) is 0.807. The largest absolute Gasteiger partial charge is 0.390 e. The van der Waals surface area contributed by atoms with Crippen LogP contribution in [0, 0.1) is 17.3 Å². The van der Waals surface area contributed by atoms with Crippen LogP contribution in [0.3, 0.4) is 0 Å². The monoisotopic (exact) mass is 410 g/mol. The number of hydrogen-bond donors (Lipinski definition) is 2. The molecule has 2 unspecified atom stereocenters. The number of rotatable bonds is 4. The molecular formula is C25H34N2O3. The first-order chi connectivity index (χ1) is 14.5. The fourth-order valence-corrected chi connectivity index (χ4v) is 8.08. The number of carbonyl (C=O) groups excluding carboxylic acids is 1. The van der Waals surface area contributed by atoms with E-state index in [0.29, 0.717) is 24.3 Å². The summed E-state index contributed by atoms with van der Waals surface area (Å²) in [6.07, 6.45) is 8.05. The number of ether oxygens (including phenoxy) is 1. The van der Waals surface area contributed by atoms with Crippen LogP contribution in [0.15, 0.2) is 30.3 Å². The zero-order valence-electron chi connectivity index (χ0n) is 17.8. The number of carbonyl (C=O) groups is 1. The fourth-order valence-electron chi connectivity index (χ4n) is 8.08. The lowest BCUT2D eigenvalue weighted by Crippen LogP contribution is -2.56. The van der Waals surface area contributed by atoms with Gasteiger partial charge in [-0.1, -0.05) is 30.3 Å². The summed E-state index contributed by atoms with van der Waals surface area (Å²) in [6, 6.07) is 11.1. The molecule has 6 aliphatic rings. The van der Waals surface area contributed by atoms with Crippen LogP contribution in [0.25, 0.3) is 0 Å². The van der Waals surface area contributed by atoms with Crippen molar-refractivity contribution in [2.45, 2.75) is 75.2 Å². The molecule has 2 saturated heterocycles. The van der Waals surface area contributed by atoms with Crippen molar-refractivity contribution in [1.82, 2.24) is 10.2 Å². The number of nitrogens with zero attached hydrogens (tertiary/aromatic N) is 1. The molecule has 6 fully saturated rings. The first kappa shape index (κ1) is 19.3. The Morgan fingerprint density at radius 1 is 1.10 bits per heavy atom. The molecule has 5 atom stereocenters. The fraction of sp³-hybridized carbons (Fsp3) is 0.720. The molecule has 7 rings (SSSR count). The Hall–Kier alpha value is -1.43. The lowest BCUT2D eigenvalue weighted by molar-refractivity contribution is -0.169. The highest BCUT2D eigenvalue weighted by molar-refractivity contribution is 5.77. The second-order valence-corrected chi connectivity index (χ2v) is 11.2. The molecule has 0 aromatic heterocycles. The average Bonchev–Trinajstić information content (AvgIpc) is 3.07. The molecule has 1 aromatic rings. The van der Waals surface area contributed by atoms with Crippen molar-refractivity contribution in [1.29, 1.82) is 0 Å². The van der Waals surface area contributed by atoms with Crippen molar-refractivity contribution in [2.75, 3.05) is 19.7 Å². The molecule has 0 radical (unpaired) electrons. The van der Waals surface area contributed by atoms with E-state index in [2.05, 4.69) is 34.5 Å². The van der Waals surface area contributed by atoms with E-state index in [1.807, 2.05) is 6.07 Å². The summed E-state index contributed by atoms with van der Waals surface area (Å²) in [5.74, 6) is 1.47. The topological polar surface area (TPSA) is 61.8 Å². The minimum Gasteiger partial charge on any atom is -0.390 e. The highest BCUT2D eigenvalue weighted by atomic mass is 16.5. The summed E-state index contributed by atoms with van der Waals surface area (Å²) < 4.78 is 6.15. The van der Waals surface area contributed by atoms with Gasteiger partial charge in [-0.05, 0) is 67.8 Å². The van der Waals surface area contributed by atoms with Crippen LogP contribution in [-0.4, -0.2) is 53.3 Å². The number of amides is 1. The van der Waals surface area contributed by atoms with E-state index < -0.39 is 5.60 Å². The Morgan fingerprint density at radius 3 is 2.60 bits per heavy atom. The molecule has 5 heteroatoms. The lowest BCUT2D eigenvalue weighted by atomic mass is 9.47. The zero-order chi connectivity index (χ0) is 20.3. The molecule has 1 amide bonds. The molecule has 2 aliphatic heterocycles. The van der Waals surface area contributed by atoms with Crippen molar-refractivity contribution in [3.05, 3.63) is 35.9 Å². The van der Waals surface area contributed by atoms with E-state index in [4.69, 9.17) is 4.74 Å². The second kappa shape index (κ2) is 7.04. The maximum Gasteiger partial charge on any atom is 0.220 e. The van der Waals surface area contributed by atoms with Crippen LogP contribution >= 0.6 is 0 Å². The van der Waals surface area contributed by atoms with Crippen LogP contribution in [0.2, 0.25) is 0 Å². The van der Waals surface area contributed by atoms with Crippen molar-refractivity contribution >= 4 is 5.91 Å². The first-order valence-electron chi connectivity index (χ1n) is 11.9. The quantitative estimate of drug-likeness (QED) is 0.801. The number of fused-ring (bicyclic) bond motifs is 1. The predicted octanol–water partition coefficient (Wildman–Crippen LogP) is 3.04. The molecule has 2 heterocycles. The van der Waals surface area contributed by atoms with Gasteiger partial charge in [-0.2, -0.15) is 0 Å². The smallest absolute Gasteiger partial charge is 0.220 e. The van der Waals surface area contributed by atoms with Crippen molar-refractivity contribution in [2.24, 2.45) is 17.3 Å². The molecule has 162 valence electrons. The van der Waals surface area contributed by atoms with Crippen LogP contribution < -0.4 is 5.32 Å². The number of hydrogen-bond acceptors (Lipinski definition) is 4. The normalized spacial score (nSPS) is 44.8. The van der Waals surface area contributed by atoms with Crippen LogP contribution in [0.5, 0.6) is 0 Å². The maximum atomic E-state index is 13.0. The minimum atomic E-state index is -0.484. The van der Waals surface area contributed by atoms with Gasteiger partial charge < -0.3 is 15.2 Å². The molecule has 30 heavy (non-hydrogen) atoms. The lowest BCUT2D eigenvalue weighted by Gasteiger charge is -2.60. The van der Waals surface area contributed by atoms with Gasteiger partial charge in [0.25, 0.3) is 0 Å². The molecule has 0 spiro atoms. The number of benzene rings is 1. The van der Waals surface area contributed by atoms with Crippen LogP contribution in [0.1, 0.15) is 63.0 Å². The Kier molecular flexibility index (Phi) is 4.52. The van der Waals surface area contributed by atoms with Gasteiger partial charge in [-0.25, -0.2) is 0 Å². The molecule has 5 nitrogen and oxygen atoms in total. The van der Waals surface area contributed by atoms with E-state index in [1.165, 1.54) is 12.0 Å². The van der Waals surface area contributed by atoms with Crippen LogP contribution in [0.4, 0.5) is 0 Å². The summed E-state index contributed by atoms with van der Waals surface area (Å²) in [6.45, 7) is 2.57. The van der Waals surface area contributed by atoms with Gasteiger partial charge in [0.1, 0.15) is 0 Å². The average molecular weight is 411 g/mol. The van der Waals surface area contributed by atoms with Gasteiger partial charge in [-0.15, -0.1) is 0 Å². The van der Waals surface area contributed by atoms with E-state index in [-0.39, 0.29) is 23.5 Å². The van der Waals surface area contributed by atoms with Crippen LogP contribution in [-0.2, 0) is 9.53 Å². The van der Waals surface area contributed by atoms with E-state index in [0.717, 1.165) is 58.2 Å². The van der Waals surface area contributed by atoms with Gasteiger partial charge in [0.15, 0.2) is 0 Å². The van der Waals surface area contributed by atoms with Crippen molar-refractivity contribution < 1.29 is 14.6 Å². The summed E-state index contributed by atoms with van der Waals surface area (Å²) >= 11 is 0. The number of aliphatic hydroxyl groups is 1. The Labute approximate surface area is 179 Å². The highest BCUT2D eigenvalue weighted by Gasteiger charge is 2.57. The van der Waals surface area contributed by atoms with Gasteiger partial charge in [0.05, 0.1) is 18.3 Å². The number of nitrogens with one attached hydrogen (secondary N) is 1. The Bertz CT molecular complexity index is 798. The number of morpholine rings is 1. The van der Waals surface area contributed by atoms with E-state index >= 15 is 0 Å². The molecular weight excluding hydrogens is 376 g/mol. The minimum absolute atomic E-state index is 0.0517. The van der Waals surface area contributed by atoms with Gasteiger partial charge in [0, 0.05) is 31.6 Å². The molecule has 4 aliphatic carbocycles. The second-order valence-electron chi connectivity index (χ2n) is 11.2. The molecule has 2 N–H and O–H groups in total. The molecule has 4 saturated carbocycles. The third-order valence-electron chi connectivity index (χ3n) is 8.64. The zero-order valence-corrected chi connectivity index (χ0v) is 17.8. The predicted molar refractivity (Wildman–Crippen MR) is 114 cm³/mol. The first-order valence-corrected chi connectivity index (χ1v) is 11.9. The van der Waals surface area contributed by atoms with E-state index in [9.17, 15) is 9.90 Å². The van der Waals surface area contributed by atoms with Crippen molar-refractivity contribution in [3.8, 4) is 0 Å². The summed E-state index contributed by atoms with van der Waals surface area (Å²) in [5, 5.41) is 14.3. The van der Waals surface area contributed by atoms with Gasteiger partial charge >= 0.3 is 0 Å². The standard InChI is InChI=1S/C25H34N2O3/c28-23(12-24-8-17-6-18(9-24)11-25(29,10-17)16-24)26-20-7-21-15-30-22(14-27(21)13-20)19-4-2-1-3-5-19/h1-5,17-18,20-22,29H,6-16H2,(H,26,28)/t17?,18?,20-,21-,22+,24?,25?/m0/s1. The van der Waals surface area contributed by atoms with Crippen molar-refractivity contribution in [3.63, 3.8) is 0 Å². The van der Waals surface area contributed by atoms with E-state index in [1.54, 1.807) is 0 Å². The third kappa shape index (κ3) is 3.49. The Balaban J connectivity index is 1.06. The molecule has 1 aromatic carbocycles. The van der Waals surface area contributed by atoms with Gasteiger partial charge in [-0.3, -0.25) is 9.69 Å². The summed E-state index contributed by atoms with van der Waals surface area (Å²) in [7, 11) is 0. The Morgan fingerprint density at radius 2 is 1.87 bits per heavy atom. The summed E-state index contributed by atoms with van der Waals surface area (Å²) in [4.78, 5) is 15.5. The SMILES string of the molecule is O=C(CC12CC3CC(CC(O)(C3)C1)C2)N[C@H]1C[C@H]2CO[C@@H](c3ccccc3)CN2C1. The maximum absolute atomic E-state index is 13.0. The third-order valence-corrected chi connectivity index (χ3v) is 8.64. The van der Waals surface area contributed by atoms with Gasteiger partial charge in [0.2, 0.25) is 5.91 Å². The molecule has 4 bridgehead atoms.